The molecule has 83 heavy (non-hydrogen) atoms. The van der Waals surface area contributed by atoms with Crippen LogP contribution < -0.4 is 0 Å². The Morgan fingerprint density at radius 3 is 1.57 bits per heavy atom. The summed E-state index contributed by atoms with van der Waals surface area (Å²) < 4.78 is 102. The maximum absolute atomic E-state index is 14.2. The largest absolute Gasteiger partial charge is 0.457 e. The number of carbonyl (C=O) groups excluding carboxylic acids is 4. The lowest BCUT2D eigenvalue weighted by molar-refractivity contribution is -0.154. The number of halogens is 6. The second kappa shape index (κ2) is 30.3. The number of cyclic esters (lactones) is 2. The van der Waals surface area contributed by atoms with Gasteiger partial charge in [0.15, 0.2) is 8.32 Å². The van der Waals surface area contributed by atoms with E-state index < -0.39 is 121 Å². The zero-order chi connectivity index (χ0) is 63.4. The van der Waals surface area contributed by atoms with E-state index in [2.05, 4.69) is 43.8 Å². The lowest BCUT2D eigenvalue weighted by atomic mass is 9.69. The Bertz CT molecular complexity index is 2710. The zero-order valence-corrected chi connectivity index (χ0v) is 54.0. The van der Waals surface area contributed by atoms with Gasteiger partial charge in [0.25, 0.3) is 0 Å². The Hall–Kier alpha value is -4.38. The van der Waals surface area contributed by atoms with Crippen LogP contribution in [0.2, 0.25) is 18.1 Å². The molecule has 466 valence electrons. The first-order chi connectivity index (χ1) is 38.1. The summed E-state index contributed by atoms with van der Waals surface area (Å²) in [6, 6.07) is 0. The Kier molecular flexibility index (Phi) is 26.6. The van der Waals surface area contributed by atoms with Gasteiger partial charge in [-0.2, -0.15) is 26.3 Å². The number of hydrogen-bond acceptors (Lipinski definition) is 14. The van der Waals surface area contributed by atoms with Gasteiger partial charge in [0.1, 0.15) is 28.8 Å². The lowest BCUT2D eigenvalue weighted by Gasteiger charge is -2.43. The highest BCUT2D eigenvalue weighted by molar-refractivity contribution is 7.10. The fraction of sp³-hybridized carbons (Fsp3) is 0.645. The van der Waals surface area contributed by atoms with Crippen LogP contribution in [-0.2, 0) is 46.1 Å². The molecule has 0 bridgehead atoms. The van der Waals surface area contributed by atoms with Crippen molar-refractivity contribution in [2.75, 3.05) is 0 Å². The van der Waals surface area contributed by atoms with E-state index in [9.17, 15) is 60.8 Å². The van der Waals surface area contributed by atoms with E-state index in [0.717, 1.165) is 23.6 Å². The predicted octanol–water partition coefficient (Wildman–Crippen LogP) is 14.9. The van der Waals surface area contributed by atoms with Gasteiger partial charge in [-0.05, 0) is 86.4 Å². The van der Waals surface area contributed by atoms with Gasteiger partial charge < -0.3 is 29.2 Å². The molecule has 0 aliphatic carbocycles. The number of esters is 2. The molecule has 2 unspecified atom stereocenters. The van der Waals surface area contributed by atoms with Crippen LogP contribution in [0, 0.1) is 40.4 Å². The van der Waals surface area contributed by atoms with Gasteiger partial charge in [-0.1, -0.05) is 126 Å². The smallest absolute Gasteiger partial charge is 0.412 e. The summed E-state index contributed by atoms with van der Waals surface area (Å²) in [5, 5.41) is 35.5. The topological polar surface area (TPSA) is 182 Å². The minimum Gasteiger partial charge on any atom is -0.457 e. The van der Waals surface area contributed by atoms with Crippen molar-refractivity contribution in [3.05, 3.63) is 90.9 Å². The van der Waals surface area contributed by atoms with Gasteiger partial charge >= 0.3 is 24.3 Å². The quantitative estimate of drug-likeness (QED) is 0.0986. The average Bonchev–Trinajstić information content (AvgIpc) is 4.05. The van der Waals surface area contributed by atoms with Crippen LogP contribution in [-0.4, -0.2) is 100.0 Å². The molecule has 0 saturated carbocycles. The zero-order valence-electron chi connectivity index (χ0n) is 51.4. The molecule has 3 N–H and O–H groups in total. The Morgan fingerprint density at radius 2 is 1.14 bits per heavy atom. The van der Waals surface area contributed by atoms with Crippen molar-refractivity contribution in [2.45, 2.75) is 216 Å². The molecular formula is C62H90F6N2O10S2Si. The summed E-state index contributed by atoms with van der Waals surface area (Å²) in [7, 11) is -2.35. The second-order valence-corrected chi connectivity index (χ2v) is 31.5. The third kappa shape index (κ3) is 20.9. The summed E-state index contributed by atoms with van der Waals surface area (Å²) in [6.45, 7) is 31.0. The molecule has 12 nitrogen and oxygen atoms in total. The van der Waals surface area contributed by atoms with Crippen LogP contribution in [0.1, 0.15) is 164 Å². The van der Waals surface area contributed by atoms with Crippen LogP contribution in [0.25, 0.3) is 12.2 Å². The van der Waals surface area contributed by atoms with E-state index >= 15 is 0 Å². The number of aliphatic hydroxyl groups excluding tert-OH is 3. The summed E-state index contributed by atoms with van der Waals surface area (Å²) in [5.74, 6) is -4.80. The van der Waals surface area contributed by atoms with Crippen molar-refractivity contribution in [1.82, 2.24) is 9.97 Å². The van der Waals surface area contributed by atoms with E-state index in [0.29, 0.717) is 27.5 Å². The molecule has 2 aliphatic heterocycles. The first-order valence-corrected chi connectivity index (χ1v) is 33.0. The molecule has 21 heteroatoms. The van der Waals surface area contributed by atoms with E-state index in [1.807, 2.05) is 46.9 Å². The molecule has 0 amide bonds. The van der Waals surface area contributed by atoms with E-state index in [1.54, 1.807) is 44.4 Å². The van der Waals surface area contributed by atoms with Gasteiger partial charge in [0.05, 0.1) is 53.2 Å². The molecular weight excluding hydrogens is 1140 g/mol. The number of alkyl halides is 6. The second-order valence-electron chi connectivity index (χ2n) is 24.9. The number of rotatable bonds is 8. The Labute approximate surface area is 496 Å². The molecule has 4 heterocycles. The van der Waals surface area contributed by atoms with Crippen molar-refractivity contribution < 1.29 is 74.7 Å². The molecule has 4 rings (SSSR count). The van der Waals surface area contributed by atoms with Gasteiger partial charge in [0.2, 0.25) is 0 Å². The summed E-state index contributed by atoms with van der Waals surface area (Å²) in [4.78, 5) is 62.1. The highest BCUT2D eigenvalue weighted by Gasteiger charge is 2.47. The van der Waals surface area contributed by atoms with Gasteiger partial charge in [0, 0.05) is 64.3 Å². The molecule has 10 atom stereocenters. The third-order valence-electron chi connectivity index (χ3n) is 16.6. The molecule has 2 aromatic heterocycles. The molecule has 0 spiro atoms. The fourth-order valence-corrected chi connectivity index (χ4v) is 12.1. The highest BCUT2D eigenvalue weighted by atomic mass is 32.1. The first kappa shape index (κ1) is 72.9. The maximum atomic E-state index is 14.2. The number of hydrogen-bond donors (Lipinski definition) is 3. The molecule has 2 aromatic rings. The van der Waals surface area contributed by atoms with Crippen molar-refractivity contribution >= 4 is 66.6 Å². The number of aryl methyl sites for hydroxylation is 1. The van der Waals surface area contributed by atoms with Crippen molar-refractivity contribution in [2.24, 2.45) is 40.4 Å². The third-order valence-corrected chi connectivity index (χ3v) is 23.0. The van der Waals surface area contributed by atoms with E-state index in [4.69, 9.17) is 13.9 Å². The number of carbonyl (C=O) groups is 4. The number of aromatic nitrogens is 2. The van der Waals surface area contributed by atoms with E-state index in [1.165, 1.54) is 61.7 Å². The van der Waals surface area contributed by atoms with Crippen LogP contribution in [0.15, 0.2) is 69.5 Å². The number of allylic oxidation sites excluding steroid dienone is 4. The highest BCUT2D eigenvalue weighted by Crippen LogP contribution is 2.43. The number of nitrogens with zero attached hydrogens (tertiary/aromatic N) is 2. The Balaban J connectivity index is 0.000000441. The minimum atomic E-state index is -4.64. The van der Waals surface area contributed by atoms with Gasteiger partial charge in [-0.3, -0.25) is 19.2 Å². The van der Waals surface area contributed by atoms with Crippen molar-refractivity contribution in [3.8, 4) is 0 Å². The standard InChI is InChI=1S/C35H54F3NO4SSi.C27H36F3NO6S/c1-13-29-39-27(21-44-29)19-23(3)28-18-17-26(35(36,37)38)16-14-15-22(2)31(43-45(11,12)33(6,7)8)25(5)32(41)34(9,10)24(4)20-30(40)42-28;1-15-7-6-8-18(27(28,29)30)9-10-20(16(2)11-19-14-38-22(13-32)31-19)37-23(34)12-21(33)26(4,5)25(36)17(3)24(15)35/h14-15,17,19,21-22,24-25,28,31H,13,16,18,20H2,1-12H3;6-7,9,11,14-15,17,20-21,24,32-33,35H,8,10,12-13H2,1-5H3/b15-14+,23-19+,26-17+;7-6+,16-11+,18-9+/t22-,24-,25+,28?,31-;15-,17+,20?,21-,24-/m00/s1. The number of thiazole rings is 2. The number of aliphatic hydroxyl groups is 3. The van der Waals surface area contributed by atoms with Crippen LogP contribution >= 0.6 is 22.7 Å². The Morgan fingerprint density at radius 1 is 0.711 bits per heavy atom. The molecule has 0 radical (unpaired) electrons. The first-order valence-electron chi connectivity index (χ1n) is 28.3. The summed E-state index contributed by atoms with van der Waals surface area (Å²) in [6.07, 6.45) is -4.05. The number of ketones is 2. The molecule has 0 saturated heterocycles. The van der Waals surface area contributed by atoms with Gasteiger partial charge in [-0.25, -0.2) is 9.97 Å². The van der Waals surface area contributed by atoms with E-state index in [-0.39, 0.29) is 54.9 Å². The maximum Gasteiger partial charge on any atom is 0.412 e. The van der Waals surface area contributed by atoms with Gasteiger partial charge in [-0.15, -0.1) is 22.7 Å². The molecule has 2 aliphatic rings. The number of Topliss-reactive ketones (excluding diaryl/α,β-unsaturated/α-hetero) is 2. The molecule has 0 fully saturated rings. The van der Waals surface area contributed by atoms with Crippen molar-refractivity contribution in [3.63, 3.8) is 0 Å². The SMILES string of the molecule is C/C(=C\c1csc(CO)n1)C1C/C=C(/C(F)(F)F)C/C=C/[C@H](C)[C@H](O)[C@@H](C)C(=O)C(C)(C)[C@@H](O)CC(=O)O1.CCc1nc(/C=C(\C)C2C/C=C(/C(F)(F)F)C/C=C/[C@H](C)[C@H](O[Si](C)(C)C(C)(C)C)[C@@H](C)C(=O)C(C)(C)[C@@H](C)CC(=O)O2)cs1. The van der Waals surface area contributed by atoms with Crippen LogP contribution in [0.5, 0.6) is 0 Å². The molecule has 0 aromatic carbocycles. The van der Waals surface area contributed by atoms with Crippen molar-refractivity contribution in [1.29, 1.82) is 0 Å². The van der Waals surface area contributed by atoms with Crippen LogP contribution in [0.3, 0.4) is 0 Å². The predicted molar refractivity (Wildman–Crippen MR) is 318 cm³/mol. The summed E-state index contributed by atoms with van der Waals surface area (Å²) >= 11 is 2.71. The van der Waals surface area contributed by atoms with Crippen LogP contribution in [0.4, 0.5) is 26.3 Å². The minimum absolute atomic E-state index is 0.0439. The monoisotopic (exact) mass is 1230 g/mol. The summed E-state index contributed by atoms with van der Waals surface area (Å²) in [5.41, 5.74) is -1.69. The average molecular weight is 1230 g/mol. The fourth-order valence-electron chi connectivity index (χ4n) is 9.35. The lowest BCUT2D eigenvalue weighted by Crippen LogP contribution is -2.50. The normalized spacial score (nSPS) is 29.7. The number of ether oxygens (including phenoxy) is 2.